The zero-order valence-electron chi connectivity index (χ0n) is 10.1. The summed E-state index contributed by atoms with van der Waals surface area (Å²) in [7, 11) is 0. The average molecular weight is 293 g/mol. The van der Waals surface area contributed by atoms with Gasteiger partial charge in [-0.1, -0.05) is 11.6 Å². The molecule has 102 valence electrons. The molecule has 0 bridgehead atoms. The number of H-pyrrole nitrogens is 1. The molecule has 0 saturated heterocycles. The summed E-state index contributed by atoms with van der Waals surface area (Å²) in [5.41, 5.74) is 6.16. The molecule has 0 radical (unpaired) electrons. The molecule has 1 aromatic carbocycles. The van der Waals surface area contributed by atoms with Crippen LogP contribution in [0.3, 0.4) is 0 Å². The molecule has 0 unspecified atom stereocenters. The Labute approximate surface area is 116 Å². The van der Waals surface area contributed by atoms with Crippen LogP contribution in [-0.4, -0.2) is 14.5 Å². The molecule has 0 aliphatic heterocycles. The second kappa shape index (κ2) is 4.53. The number of hydrogen-bond acceptors (Lipinski definition) is 5. The van der Waals surface area contributed by atoms with Crippen molar-refractivity contribution < 1.29 is 4.42 Å². The van der Waals surface area contributed by atoms with Crippen LogP contribution in [0.15, 0.2) is 38.4 Å². The molecule has 3 rings (SSSR count). The highest BCUT2D eigenvalue weighted by Crippen LogP contribution is 2.18. The van der Waals surface area contributed by atoms with Crippen LogP contribution >= 0.6 is 11.6 Å². The van der Waals surface area contributed by atoms with Crippen molar-refractivity contribution in [1.29, 1.82) is 0 Å². The maximum Gasteiger partial charge on any atom is 0.328 e. The van der Waals surface area contributed by atoms with Gasteiger partial charge in [0.1, 0.15) is 17.1 Å². The number of benzene rings is 1. The van der Waals surface area contributed by atoms with E-state index < -0.39 is 11.2 Å². The van der Waals surface area contributed by atoms with Gasteiger partial charge in [-0.25, -0.2) is 9.78 Å². The van der Waals surface area contributed by atoms with Gasteiger partial charge in [-0.2, -0.15) is 0 Å². The van der Waals surface area contributed by atoms with Crippen molar-refractivity contribution in [3.05, 3.63) is 56.1 Å². The predicted molar refractivity (Wildman–Crippen MR) is 73.9 cm³/mol. The lowest BCUT2D eigenvalue weighted by molar-refractivity contribution is 0.500. The number of halogens is 1. The number of rotatable bonds is 2. The van der Waals surface area contributed by atoms with E-state index in [9.17, 15) is 9.59 Å². The molecule has 0 fully saturated rings. The minimum Gasteiger partial charge on any atom is -0.439 e. The predicted octanol–water partition coefficient (Wildman–Crippen LogP) is 0.962. The Hall–Kier alpha value is -2.54. The number of nitrogen functional groups attached to an aromatic ring is 1. The number of nitrogens with two attached hydrogens (primary N) is 1. The fourth-order valence-corrected chi connectivity index (χ4v) is 1.97. The summed E-state index contributed by atoms with van der Waals surface area (Å²) < 4.78 is 6.70. The molecule has 0 aliphatic rings. The Bertz CT molecular complexity index is 909. The highest BCUT2D eigenvalue weighted by Gasteiger charge is 2.09. The van der Waals surface area contributed by atoms with E-state index in [1.54, 1.807) is 18.2 Å². The zero-order valence-corrected chi connectivity index (χ0v) is 10.8. The summed E-state index contributed by atoms with van der Waals surface area (Å²) in [6, 6.07) is 5.08. The number of fused-ring (bicyclic) bond motifs is 1. The van der Waals surface area contributed by atoms with Gasteiger partial charge in [-0.3, -0.25) is 14.3 Å². The lowest BCUT2D eigenvalue weighted by atomic mass is 10.3. The summed E-state index contributed by atoms with van der Waals surface area (Å²) in [5, 5.41) is -0.0787. The maximum atomic E-state index is 11.6. The highest BCUT2D eigenvalue weighted by atomic mass is 35.5. The van der Waals surface area contributed by atoms with E-state index in [-0.39, 0.29) is 11.6 Å². The molecular formula is C12H9ClN4O3. The van der Waals surface area contributed by atoms with E-state index in [1.165, 1.54) is 10.8 Å². The SMILES string of the molecule is Nc1ccc2nc(Cn3cc(Cl)c(=O)[nH]c3=O)oc2c1. The van der Waals surface area contributed by atoms with Crippen molar-refractivity contribution in [1.82, 2.24) is 14.5 Å². The maximum absolute atomic E-state index is 11.6. The molecule has 8 heteroatoms. The first-order valence-corrected chi connectivity index (χ1v) is 6.05. The molecule has 0 atom stereocenters. The van der Waals surface area contributed by atoms with Crippen LogP contribution in [-0.2, 0) is 6.54 Å². The summed E-state index contributed by atoms with van der Waals surface area (Å²) in [6.07, 6.45) is 1.24. The average Bonchev–Trinajstić information content (AvgIpc) is 2.77. The number of aromatic amines is 1. The fraction of sp³-hybridized carbons (Fsp3) is 0.0833. The third-order valence-electron chi connectivity index (χ3n) is 2.73. The summed E-state index contributed by atoms with van der Waals surface area (Å²) in [5.74, 6) is 0.316. The van der Waals surface area contributed by atoms with Crippen molar-refractivity contribution in [2.75, 3.05) is 5.73 Å². The number of hydrogen-bond donors (Lipinski definition) is 2. The normalized spacial score (nSPS) is 11.1. The molecule has 2 heterocycles. The van der Waals surface area contributed by atoms with Crippen molar-refractivity contribution >= 4 is 28.4 Å². The Kier molecular flexibility index (Phi) is 2.83. The Balaban J connectivity index is 2.03. The number of nitrogens with zero attached hydrogens (tertiary/aromatic N) is 2. The topological polar surface area (TPSA) is 107 Å². The molecule has 7 nitrogen and oxygen atoms in total. The van der Waals surface area contributed by atoms with Gasteiger partial charge >= 0.3 is 5.69 Å². The van der Waals surface area contributed by atoms with Gasteiger partial charge in [0.05, 0.1) is 0 Å². The van der Waals surface area contributed by atoms with Crippen molar-refractivity contribution in [2.45, 2.75) is 6.54 Å². The summed E-state index contributed by atoms with van der Waals surface area (Å²) in [6.45, 7) is 0.0594. The minimum absolute atomic E-state index is 0.0594. The molecule has 0 spiro atoms. The van der Waals surface area contributed by atoms with Gasteiger partial charge in [-0.05, 0) is 12.1 Å². The second-order valence-electron chi connectivity index (χ2n) is 4.20. The van der Waals surface area contributed by atoms with Crippen LogP contribution in [0.1, 0.15) is 5.89 Å². The minimum atomic E-state index is -0.627. The van der Waals surface area contributed by atoms with Crippen LogP contribution < -0.4 is 17.0 Å². The Morgan fingerprint density at radius 1 is 1.40 bits per heavy atom. The van der Waals surface area contributed by atoms with E-state index >= 15 is 0 Å². The number of nitrogens with one attached hydrogen (secondary N) is 1. The molecular weight excluding hydrogens is 284 g/mol. The number of aromatic nitrogens is 3. The van der Waals surface area contributed by atoms with E-state index in [4.69, 9.17) is 21.8 Å². The van der Waals surface area contributed by atoms with E-state index in [0.29, 0.717) is 22.7 Å². The Morgan fingerprint density at radius 3 is 3.00 bits per heavy atom. The van der Waals surface area contributed by atoms with Gasteiger partial charge in [0.15, 0.2) is 5.58 Å². The largest absolute Gasteiger partial charge is 0.439 e. The summed E-state index contributed by atoms with van der Waals surface area (Å²) >= 11 is 5.68. The zero-order chi connectivity index (χ0) is 14.3. The van der Waals surface area contributed by atoms with E-state index in [2.05, 4.69) is 9.97 Å². The van der Waals surface area contributed by atoms with Crippen LogP contribution in [0.4, 0.5) is 5.69 Å². The smallest absolute Gasteiger partial charge is 0.328 e. The van der Waals surface area contributed by atoms with Crippen LogP contribution in [0.2, 0.25) is 5.02 Å². The molecule has 3 aromatic rings. The molecule has 0 amide bonds. The van der Waals surface area contributed by atoms with Gasteiger partial charge < -0.3 is 10.2 Å². The lowest BCUT2D eigenvalue weighted by Crippen LogP contribution is -2.30. The van der Waals surface area contributed by atoms with Crippen molar-refractivity contribution in [3.63, 3.8) is 0 Å². The second-order valence-corrected chi connectivity index (χ2v) is 4.61. The van der Waals surface area contributed by atoms with Gasteiger partial charge in [0, 0.05) is 18.0 Å². The van der Waals surface area contributed by atoms with Gasteiger partial charge in [0.2, 0.25) is 5.89 Å². The fourth-order valence-electron chi connectivity index (χ4n) is 1.80. The van der Waals surface area contributed by atoms with E-state index in [1.807, 2.05) is 0 Å². The molecule has 0 aliphatic carbocycles. The third kappa shape index (κ3) is 2.19. The highest BCUT2D eigenvalue weighted by molar-refractivity contribution is 6.30. The Morgan fingerprint density at radius 2 is 2.20 bits per heavy atom. The first kappa shape index (κ1) is 12.5. The number of oxazole rings is 1. The molecule has 2 aromatic heterocycles. The van der Waals surface area contributed by atoms with Crippen LogP contribution in [0.25, 0.3) is 11.1 Å². The standard InChI is InChI=1S/C12H9ClN4O3/c13-7-4-17(12(19)16-11(7)18)5-10-15-8-2-1-6(14)3-9(8)20-10/h1-4H,5,14H2,(H,16,18,19). The molecule has 3 N–H and O–H groups in total. The van der Waals surface area contributed by atoms with Crippen molar-refractivity contribution in [2.24, 2.45) is 0 Å². The van der Waals surface area contributed by atoms with Gasteiger partial charge in [-0.15, -0.1) is 0 Å². The monoisotopic (exact) mass is 292 g/mol. The summed E-state index contributed by atoms with van der Waals surface area (Å²) in [4.78, 5) is 29.1. The molecule has 0 saturated carbocycles. The van der Waals surface area contributed by atoms with Crippen molar-refractivity contribution in [3.8, 4) is 0 Å². The first-order chi connectivity index (χ1) is 9.52. The third-order valence-corrected chi connectivity index (χ3v) is 3.00. The van der Waals surface area contributed by atoms with Crippen LogP contribution in [0.5, 0.6) is 0 Å². The van der Waals surface area contributed by atoms with Gasteiger partial charge in [0.25, 0.3) is 5.56 Å². The van der Waals surface area contributed by atoms with E-state index in [0.717, 1.165) is 0 Å². The number of anilines is 1. The van der Waals surface area contributed by atoms with Crippen LogP contribution in [0, 0.1) is 0 Å². The molecule has 20 heavy (non-hydrogen) atoms. The lowest BCUT2D eigenvalue weighted by Gasteiger charge is -2.01. The first-order valence-electron chi connectivity index (χ1n) is 5.67. The quantitative estimate of drug-likeness (QED) is 0.684.